The first-order chi connectivity index (χ1) is 8.40. The molecule has 0 spiro atoms. The normalized spacial score (nSPS) is 18.4. The Kier molecular flexibility index (Phi) is 4.90. The van der Waals surface area contributed by atoms with Crippen LogP contribution < -0.4 is 4.74 Å². The highest BCUT2D eigenvalue weighted by Crippen LogP contribution is 2.25. The van der Waals surface area contributed by atoms with Gasteiger partial charge in [0.05, 0.1) is 6.10 Å². The SMILES string of the molecule is C[CH]c1ccccc1OC1CCCCCCC1. The molecule has 1 aliphatic carbocycles. The van der Waals surface area contributed by atoms with Crippen molar-refractivity contribution in [1.82, 2.24) is 0 Å². The molecule has 0 amide bonds. The van der Waals surface area contributed by atoms with E-state index in [1.807, 2.05) is 0 Å². The number of benzene rings is 1. The standard InChI is InChI=1S/C16H23O/c1-2-14-10-8-9-13-16(14)17-15-11-6-4-3-5-7-12-15/h2,8-10,13,15H,3-7,11-12H2,1H3. The molecule has 93 valence electrons. The first-order valence-corrected chi connectivity index (χ1v) is 6.95. The molecule has 0 aromatic heterocycles. The van der Waals surface area contributed by atoms with Gasteiger partial charge in [0, 0.05) is 0 Å². The summed E-state index contributed by atoms with van der Waals surface area (Å²) in [6, 6.07) is 8.35. The molecule has 0 atom stereocenters. The van der Waals surface area contributed by atoms with Gasteiger partial charge in [0.1, 0.15) is 5.75 Å². The van der Waals surface area contributed by atoms with Crippen LogP contribution in [0.3, 0.4) is 0 Å². The van der Waals surface area contributed by atoms with E-state index in [9.17, 15) is 0 Å². The van der Waals surface area contributed by atoms with Crippen LogP contribution in [0.4, 0.5) is 0 Å². The maximum Gasteiger partial charge on any atom is 0.123 e. The number of hydrogen-bond donors (Lipinski definition) is 0. The highest BCUT2D eigenvalue weighted by atomic mass is 16.5. The zero-order valence-corrected chi connectivity index (χ0v) is 10.8. The van der Waals surface area contributed by atoms with Crippen LogP contribution in [0.2, 0.25) is 0 Å². The van der Waals surface area contributed by atoms with Gasteiger partial charge in [0.25, 0.3) is 0 Å². The van der Waals surface area contributed by atoms with Crippen LogP contribution in [0, 0.1) is 6.42 Å². The number of para-hydroxylation sites is 1. The summed E-state index contributed by atoms with van der Waals surface area (Å²) < 4.78 is 6.18. The third kappa shape index (κ3) is 3.76. The monoisotopic (exact) mass is 231 g/mol. The van der Waals surface area contributed by atoms with Gasteiger partial charge in [-0.25, -0.2) is 0 Å². The quantitative estimate of drug-likeness (QED) is 0.729. The molecule has 2 rings (SSSR count). The van der Waals surface area contributed by atoms with Crippen LogP contribution in [-0.2, 0) is 0 Å². The maximum atomic E-state index is 6.18. The predicted molar refractivity (Wildman–Crippen MR) is 72.3 cm³/mol. The van der Waals surface area contributed by atoms with Gasteiger partial charge in [-0.1, -0.05) is 44.4 Å². The van der Waals surface area contributed by atoms with E-state index in [0.29, 0.717) is 6.10 Å². The molecule has 1 nitrogen and oxygen atoms in total. The zero-order valence-electron chi connectivity index (χ0n) is 10.8. The predicted octanol–water partition coefficient (Wildman–Crippen LogP) is 4.75. The molecule has 0 saturated heterocycles. The van der Waals surface area contributed by atoms with E-state index >= 15 is 0 Å². The molecule has 0 bridgehead atoms. The van der Waals surface area contributed by atoms with Crippen molar-refractivity contribution < 1.29 is 4.74 Å². The van der Waals surface area contributed by atoms with Gasteiger partial charge >= 0.3 is 0 Å². The van der Waals surface area contributed by atoms with E-state index in [-0.39, 0.29) is 0 Å². The summed E-state index contributed by atoms with van der Waals surface area (Å²) in [5.74, 6) is 1.06. The molecule has 1 aromatic rings. The third-order valence-corrected chi connectivity index (χ3v) is 3.58. The van der Waals surface area contributed by atoms with Crippen molar-refractivity contribution in [3.05, 3.63) is 36.2 Å². The number of hydrogen-bond acceptors (Lipinski definition) is 1. The lowest BCUT2D eigenvalue weighted by molar-refractivity contribution is 0.166. The second-order valence-electron chi connectivity index (χ2n) is 4.91. The van der Waals surface area contributed by atoms with Gasteiger partial charge in [-0.05, 0) is 43.7 Å². The van der Waals surface area contributed by atoms with Crippen molar-refractivity contribution in [1.29, 1.82) is 0 Å². The highest BCUT2D eigenvalue weighted by molar-refractivity contribution is 5.38. The minimum absolute atomic E-state index is 0.427. The molecular formula is C16H23O. The van der Waals surface area contributed by atoms with Crippen molar-refractivity contribution in [3.8, 4) is 5.75 Å². The highest BCUT2D eigenvalue weighted by Gasteiger charge is 2.13. The number of ether oxygens (including phenoxy) is 1. The second-order valence-corrected chi connectivity index (χ2v) is 4.91. The van der Waals surface area contributed by atoms with E-state index in [1.165, 1.54) is 50.5 Å². The van der Waals surface area contributed by atoms with Gasteiger partial charge in [0.2, 0.25) is 0 Å². The summed E-state index contributed by atoms with van der Waals surface area (Å²) in [5.41, 5.74) is 1.22. The molecule has 0 aliphatic heterocycles. The number of rotatable bonds is 3. The van der Waals surface area contributed by atoms with Crippen LogP contribution >= 0.6 is 0 Å². The van der Waals surface area contributed by atoms with E-state index in [1.54, 1.807) is 0 Å². The lowest BCUT2D eigenvalue weighted by atomic mass is 9.98. The van der Waals surface area contributed by atoms with Gasteiger partial charge in [-0.3, -0.25) is 0 Å². The zero-order chi connectivity index (χ0) is 11.9. The van der Waals surface area contributed by atoms with Crippen molar-refractivity contribution in [3.63, 3.8) is 0 Å². The minimum atomic E-state index is 0.427. The lowest BCUT2D eigenvalue weighted by Gasteiger charge is -2.22. The Hall–Kier alpha value is -0.980. The summed E-state index contributed by atoms with van der Waals surface area (Å²) in [6.07, 6.45) is 11.8. The molecular weight excluding hydrogens is 208 g/mol. The summed E-state index contributed by atoms with van der Waals surface area (Å²) in [7, 11) is 0. The Morgan fingerprint density at radius 3 is 2.35 bits per heavy atom. The maximum absolute atomic E-state index is 6.18. The van der Waals surface area contributed by atoms with Crippen LogP contribution in [-0.4, -0.2) is 6.10 Å². The van der Waals surface area contributed by atoms with Crippen LogP contribution in [0.1, 0.15) is 57.4 Å². The Labute approximate surface area is 105 Å². The molecule has 17 heavy (non-hydrogen) atoms. The second kappa shape index (κ2) is 6.68. The molecule has 0 N–H and O–H groups in total. The first-order valence-electron chi connectivity index (χ1n) is 6.95. The molecule has 1 heteroatoms. The summed E-state index contributed by atoms with van der Waals surface area (Å²) in [4.78, 5) is 0. The molecule has 1 radical (unpaired) electrons. The fourth-order valence-electron chi connectivity index (χ4n) is 2.54. The van der Waals surface area contributed by atoms with Crippen molar-refractivity contribution in [2.75, 3.05) is 0 Å². The topological polar surface area (TPSA) is 9.23 Å². The van der Waals surface area contributed by atoms with E-state index in [0.717, 1.165) is 5.75 Å². The Balaban J connectivity index is 1.97. The summed E-state index contributed by atoms with van der Waals surface area (Å²) >= 11 is 0. The van der Waals surface area contributed by atoms with Crippen molar-refractivity contribution in [2.24, 2.45) is 0 Å². The lowest BCUT2D eigenvalue weighted by Crippen LogP contribution is -2.18. The molecule has 1 aliphatic rings. The van der Waals surface area contributed by atoms with Crippen LogP contribution in [0.5, 0.6) is 5.75 Å². The van der Waals surface area contributed by atoms with Gasteiger partial charge in [-0.2, -0.15) is 0 Å². The molecule has 0 unspecified atom stereocenters. The van der Waals surface area contributed by atoms with Gasteiger partial charge < -0.3 is 4.74 Å². The van der Waals surface area contributed by atoms with E-state index < -0.39 is 0 Å². The molecule has 1 saturated carbocycles. The summed E-state index contributed by atoms with van der Waals surface area (Å²) in [5, 5.41) is 0. The Morgan fingerprint density at radius 2 is 1.65 bits per heavy atom. The fraction of sp³-hybridized carbons (Fsp3) is 0.562. The Morgan fingerprint density at radius 1 is 1.00 bits per heavy atom. The molecule has 1 fully saturated rings. The molecule has 0 heterocycles. The fourth-order valence-corrected chi connectivity index (χ4v) is 2.54. The van der Waals surface area contributed by atoms with E-state index in [2.05, 4.69) is 37.6 Å². The summed E-state index contributed by atoms with van der Waals surface area (Å²) in [6.45, 7) is 2.07. The minimum Gasteiger partial charge on any atom is -0.490 e. The van der Waals surface area contributed by atoms with Crippen LogP contribution in [0.15, 0.2) is 24.3 Å². The van der Waals surface area contributed by atoms with Crippen LogP contribution in [0.25, 0.3) is 0 Å². The average Bonchev–Trinajstić information content (AvgIpc) is 2.33. The van der Waals surface area contributed by atoms with Gasteiger partial charge in [0.15, 0.2) is 0 Å². The van der Waals surface area contributed by atoms with E-state index in [4.69, 9.17) is 4.74 Å². The largest absolute Gasteiger partial charge is 0.490 e. The van der Waals surface area contributed by atoms with Crippen molar-refractivity contribution >= 4 is 0 Å². The third-order valence-electron chi connectivity index (χ3n) is 3.58. The average molecular weight is 231 g/mol. The van der Waals surface area contributed by atoms with Gasteiger partial charge in [-0.15, -0.1) is 0 Å². The molecule has 1 aromatic carbocycles. The first kappa shape index (κ1) is 12.5. The smallest absolute Gasteiger partial charge is 0.123 e. The Bertz CT molecular complexity index is 324. The van der Waals surface area contributed by atoms with Crippen molar-refractivity contribution in [2.45, 2.75) is 58.0 Å².